The van der Waals surface area contributed by atoms with Crippen LogP contribution in [0.2, 0.25) is 5.02 Å². The molecule has 1 N–H and O–H groups in total. The Hall–Kier alpha value is -5.13. The van der Waals surface area contributed by atoms with E-state index in [1.165, 1.54) is 19.2 Å². The number of ether oxygens (including phenoxy) is 1. The van der Waals surface area contributed by atoms with Crippen LogP contribution in [-0.4, -0.2) is 41.6 Å². The molecule has 6 atom stereocenters. The van der Waals surface area contributed by atoms with Gasteiger partial charge in [0.25, 0.3) is 0 Å². The van der Waals surface area contributed by atoms with E-state index < -0.39 is 64.5 Å². The second-order valence-corrected chi connectivity index (χ2v) is 15.4. The summed E-state index contributed by atoms with van der Waals surface area (Å²) in [5.41, 5.74) is 0.821. The lowest BCUT2D eigenvalue weighted by Gasteiger charge is -2.49. The average molecular weight is 798 g/mol. The molecule has 2 aliphatic carbocycles. The summed E-state index contributed by atoms with van der Waals surface area (Å²) in [4.78, 5) is 72.9. The zero-order valence-corrected chi connectivity index (χ0v) is 30.7. The van der Waals surface area contributed by atoms with Gasteiger partial charge in [0, 0.05) is 27.1 Å². The van der Waals surface area contributed by atoms with Crippen LogP contribution in [0.5, 0.6) is 11.5 Å². The summed E-state index contributed by atoms with van der Waals surface area (Å²) in [5, 5.41) is 11.3. The molecule has 8 rings (SSSR count). The Labute approximate surface area is 317 Å². The number of carbonyl (C=O) groups is 5. The number of imide groups is 2. The highest BCUT2D eigenvalue weighted by Crippen LogP contribution is 2.65. The third kappa shape index (κ3) is 5.19. The molecule has 1 saturated carbocycles. The summed E-state index contributed by atoms with van der Waals surface area (Å²) in [5.74, 6) is -7.15. The number of fused-ring (bicyclic) bond motifs is 4. The van der Waals surface area contributed by atoms with Crippen molar-refractivity contribution in [1.29, 1.82) is 0 Å². The van der Waals surface area contributed by atoms with Crippen LogP contribution in [0.1, 0.15) is 47.2 Å². The van der Waals surface area contributed by atoms with E-state index in [1.54, 1.807) is 67.6 Å². The SMILES string of the molecule is COc1cc(Br)cc([C@H]2C3=CC[C@@H]4C(=O)N(c5ccc(C(=O)c6ccccc6)cc5)C(=O)[C@@H]4[C@@H]3C[C@H]3C(=O)N(c4ccc(F)c(Cl)c4)C(=O)[C@@]23C)c1O. The molecule has 0 unspecified atom stereocenters. The Kier molecular flexibility index (Phi) is 8.42. The van der Waals surface area contributed by atoms with Gasteiger partial charge < -0.3 is 9.84 Å². The number of allylic oxidation sites excluding steroid dienone is 2. The van der Waals surface area contributed by atoms with Crippen molar-refractivity contribution < 1.29 is 38.2 Å². The first kappa shape index (κ1) is 34.9. The van der Waals surface area contributed by atoms with Crippen LogP contribution in [0.15, 0.2) is 101 Å². The second-order valence-electron chi connectivity index (χ2n) is 14.1. The van der Waals surface area contributed by atoms with Crippen LogP contribution in [0.3, 0.4) is 0 Å². The van der Waals surface area contributed by atoms with E-state index in [4.69, 9.17) is 16.3 Å². The predicted molar refractivity (Wildman–Crippen MR) is 197 cm³/mol. The van der Waals surface area contributed by atoms with Gasteiger partial charge in [-0.15, -0.1) is 0 Å². The number of nitrogens with zero attached hydrogens (tertiary/aromatic N) is 2. The molecule has 53 heavy (non-hydrogen) atoms. The fraction of sp³-hybridized carbons (Fsp3) is 0.244. The van der Waals surface area contributed by atoms with Gasteiger partial charge in [-0.05, 0) is 80.3 Å². The van der Waals surface area contributed by atoms with E-state index in [2.05, 4.69) is 15.9 Å². The van der Waals surface area contributed by atoms with E-state index in [0.29, 0.717) is 32.4 Å². The summed E-state index contributed by atoms with van der Waals surface area (Å²) < 4.78 is 20.2. The number of methoxy groups -OCH3 is 1. The predicted octanol–water partition coefficient (Wildman–Crippen LogP) is 7.62. The first-order chi connectivity index (χ1) is 25.4. The summed E-state index contributed by atoms with van der Waals surface area (Å²) in [6, 6.07) is 22.0. The van der Waals surface area contributed by atoms with Crippen LogP contribution >= 0.6 is 27.5 Å². The van der Waals surface area contributed by atoms with Crippen LogP contribution in [0.4, 0.5) is 15.8 Å². The Morgan fingerprint density at radius 2 is 1.57 bits per heavy atom. The van der Waals surface area contributed by atoms with E-state index in [9.17, 15) is 33.5 Å². The number of halogens is 3. The summed E-state index contributed by atoms with van der Waals surface area (Å²) in [6.45, 7) is 1.68. The number of carbonyl (C=O) groups excluding carboxylic acids is 5. The minimum absolute atomic E-state index is 0.0687. The van der Waals surface area contributed by atoms with Crippen LogP contribution in [-0.2, 0) is 19.2 Å². The highest BCUT2D eigenvalue weighted by molar-refractivity contribution is 9.10. The molecule has 2 heterocycles. The van der Waals surface area contributed by atoms with E-state index in [0.717, 1.165) is 15.9 Å². The average Bonchev–Trinajstić information content (AvgIpc) is 3.53. The van der Waals surface area contributed by atoms with Gasteiger partial charge in [-0.25, -0.2) is 9.29 Å². The number of phenolic OH excluding ortho intramolecular Hbond substituents is 1. The van der Waals surface area contributed by atoms with Gasteiger partial charge >= 0.3 is 0 Å². The zero-order valence-electron chi connectivity index (χ0n) is 28.4. The van der Waals surface area contributed by atoms with E-state index >= 15 is 0 Å². The van der Waals surface area contributed by atoms with E-state index in [1.807, 2.05) is 12.1 Å². The van der Waals surface area contributed by atoms with Crippen LogP contribution in [0, 0.1) is 34.9 Å². The third-order valence-corrected chi connectivity index (χ3v) is 12.2. The van der Waals surface area contributed by atoms with Gasteiger partial charge in [-0.2, -0.15) is 0 Å². The molecule has 0 bridgehead atoms. The fourth-order valence-corrected chi connectivity index (χ4v) is 9.60. The van der Waals surface area contributed by atoms with E-state index in [-0.39, 0.29) is 40.8 Å². The Balaban J connectivity index is 1.21. The largest absolute Gasteiger partial charge is 0.504 e. The first-order valence-electron chi connectivity index (χ1n) is 17.0. The first-order valence-corrected chi connectivity index (χ1v) is 18.2. The van der Waals surface area contributed by atoms with Gasteiger partial charge in [-0.1, -0.05) is 69.5 Å². The molecule has 9 nitrogen and oxygen atoms in total. The highest BCUT2D eigenvalue weighted by atomic mass is 79.9. The van der Waals surface area contributed by atoms with Crippen LogP contribution in [0.25, 0.3) is 0 Å². The zero-order chi connectivity index (χ0) is 37.5. The number of anilines is 2. The van der Waals surface area contributed by atoms with Crippen molar-refractivity contribution in [2.75, 3.05) is 16.9 Å². The van der Waals surface area contributed by atoms with Crippen molar-refractivity contribution in [3.63, 3.8) is 0 Å². The molecule has 0 radical (unpaired) electrons. The Morgan fingerprint density at radius 1 is 0.887 bits per heavy atom. The van der Waals surface area contributed by atoms with Crippen molar-refractivity contribution in [3.8, 4) is 11.5 Å². The quantitative estimate of drug-likeness (QED) is 0.121. The molecule has 3 fully saturated rings. The third-order valence-electron chi connectivity index (χ3n) is 11.5. The number of amides is 4. The monoisotopic (exact) mass is 796 g/mol. The molecular weight excluding hydrogens is 767 g/mol. The molecule has 12 heteroatoms. The number of rotatable bonds is 6. The van der Waals surface area contributed by atoms with Crippen LogP contribution < -0.4 is 14.5 Å². The van der Waals surface area contributed by atoms with Gasteiger partial charge in [0.1, 0.15) is 5.82 Å². The minimum atomic E-state index is -1.47. The maximum absolute atomic E-state index is 14.7. The summed E-state index contributed by atoms with van der Waals surface area (Å²) in [7, 11) is 1.40. The second kappa shape index (κ2) is 12.8. The molecular formula is C41H31BrClFN2O7. The number of hydrogen-bond acceptors (Lipinski definition) is 7. The number of ketones is 1. The smallest absolute Gasteiger partial charge is 0.241 e. The molecule has 2 saturated heterocycles. The molecule has 4 aliphatic rings. The molecule has 0 aromatic heterocycles. The fourth-order valence-electron chi connectivity index (χ4n) is 8.97. The standard InChI is InChI=1S/C41H31BrClFN2O7/c1-41-29(38(50)46(40(41)52)24-12-15-31(44)30(43)18-24)19-27-25(34(41)28-16-22(42)17-32(53-2)36(28)48)13-14-26-33(27)39(51)45(37(26)49)23-10-8-21(9-11-23)35(47)20-6-4-3-5-7-20/h3-13,15-18,26-27,29,33-34,48H,14,19H2,1-2H3/t26-,27+,29-,33-,34+,41+/m0/s1. The highest BCUT2D eigenvalue weighted by Gasteiger charge is 2.68. The van der Waals surface area contributed by atoms with Crippen molar-refractivity contribution in [1.82, 2.24) is 0 Å². The van der Waals surface area contributed by atoms with Crippen molar-refractivity contribution in [2.45, 2.75) is 25.7 Å². The van der Waals surface area contributed by atoms with Gasteiger partial charge in [0.15, 0.2) is 17.3 Å². The summed E-state index contributed by atoms with van der Waals surface area (Å²) in [6.07, 6.45) is 2.13. The topological polar surface area (TPSA) is 121 Å². The number of hydrogen-bond donors (Lipinski definition) is 1. The molecule has 4 aromatic rings. The van der Waals surface area contributed by atoms with Crippen molar-refractivity contribution in [2.24, 2.45) is 29.1 Å². The summed E-state index contributed by atoms with van der Waals surface area (Å²) >= 11 is 9.60. The molecule has 268 valence electrons. The minimum Gasteiger partial charge on any atom is -0.504 e. The molecule has 0 spiro atoms. The Morgan fingerprint density at radius 3 is 2.25 bits per heavy atom. The maximum Gasteiger partial charge on any atom is 0.241 e. The number of benzene rings is 4. The van der Waals surface area contributed by atoms with Gasteiger partial charge in [0.05, 0.1) is 46.7 Å². The lowest BCUT2D eigenvalue weighted by molar-refractivity contribution is -0.131. The normalized spacial score (nSPS) is 26.3. The molecule has 4 amide bonds. The van der Waals surface area contributed by atoms with Crippen molar-refractivity contribution >= 4 is 68.3 Å². The van der Waals surface area contributed by atoms with Gasteiger partial charge in [-0.3, -0.25) is 28.9 Å². The number of aromatic hydroxyl groups is 1. The molecule has 4 aromatic carbocycles. The lowest BCUT2D eigenvalue weighted by atomic mass is 9.51. The van der Waals surface area contributed by atoms with Gasteiger partial charge in [0.2, 0.25) is 23.6 Å². The Bertz CT molecular complexity index is 2300. The lowest BCUT2D eigenvalue weighted by Crippen LogP contribution is -2.49. The van der Waals surface area contributed by atoms with Crippen molar-refractivity contribution in [3.05, 3.63) is 129 Å². The maximum atomic E-state index is 14.7. The number of phenols is 1. The molecule has 2 aliphatic heterocycles.